The Kier molecular flexibility index (Phi) is 7.18. The van der Waals surface area contributed by atoms with Crippen molar-refractivity contribution in [1.29, 1.82) is 0 Å². The molecular formula is C29H32N4O3. The molecule has 186 valence electrons. The summed E-state index contributed by atoms with van der Waals surface area (Å²) in [5.74, 6) is 0.437. The fourth-order valence-corrected chi connectivity index (χ4v) is 4.78. The van der Waals surface area contributed by atoms with Crippen molar-refractivity contribution in [2.24, 2.45) is 0 Å². The maximum atomic E-state index is 13.8. The maximum Gasteiger partial charge on any atom is 0.264 e. The Balaban J connectivity index is 1.42. The first-order chi connectivity index (χ1) is 17.6. The minimum Gasteiger partial charge on any atom is -0.482 e. The number of carbonyl (C=O) groups excluding carboxylic acids is 2. The van der Waals surface area contributed by atoms with Gasteiger partial charge in [-0.25, -0.2) is 0 Å². The predicted octanol–water partition coefficient (Wildman–Crippen LogP) is 4.00. The molecule has 0 spiro atoms. The van der Waals surface area contributed by atoms with Crippen LogP contribution in [-0.2, 0) is 17.9 Å². The predicted molar refractivity (Wildman–Crippen MR) is 141 cm³/mol. The summed E-state index contributed by atoms with van der Waals surface area (Å²) in [7, 11) is 1.72. The summed E-state index contributed by atoms with van der Waals surface area (Å²) in [6.45, 7) is 4.56. The molecule has 7 nitrogen and oxygen atoms in total. The number of amides is 2. The van der Waals surface area contributed by atoms with Gasteiger partial charge in [0.05, 0.1) is 5.69 Å². The first-order valence-electron chi connectivity index (χ1n) is 12.5. The van der Waals surface area contributed by atoms with Crippen LogP contribution in [0.4, 0.5) is 11.4 Å². The second kappa shape index (κ2) is 10.8. The number of carbonyl (C=O) groups is 2. The van der Waals surface area contributed by atoms with E-state index in [1.165, 1.54) is 5.56 Å². The van der Waals surface area contributed by atoms with E-state index >= 15 is 0 Å². The molecule has 2 amide bonds. The molecule has 0 fully saturated rings. The lowest BCUT2D eigenvalue weighted by Crippen LogP contribution is -2.39. The molecule has 0 aliphatic carbocycles. The molecule has 5 rings (SSSR count). The molecule has 0 aromatic heterocycles. The first kappa shape index (κ1) is 23.9. The summed E-state index contributed by atoms with van der Waals surface area (Å²) in [5, 5.41) is 3.57. The third kappa shape index (κ3) is 5.36. The average Bonchev–Trinajstić information content (AvgIpc) is 2.95. The Bertz CT molecular complexity index is 1230. The van der Waals surface area contributed by atoms with Crippen LogP contribution in [-0.4, -0.2) is 61.4 Å². The van der Waals surface area contributed by atoms with Crippen LogP contribution in [0.5, 0.6) is 5.75 Å². The number of benzene rings is 3. The molecule has 0 saturated carbocycles. The lowest BCUT2D eigenvalue weighted by Gasteiger charge is -2.29. The van der Waals surface area contributed by atoms with Gasteiger partial charge in [0.1, 0.15) is 5.75 Å². The zero-order valence-corrected chi connectivity index (χ0v) is 20.7. The molecule has 2 heterocycles. The molecule has 0 saturated heterocycles. The molecule has 0 radical (unpaired) electrons. The Labute approximate surface area is 212 Å². The maximum absolute atomic E-state index is 13.8. The van der Waals surface area contributed by atoms with Crippen LogP contribution in [0.25, 0.3) is 0 Å². The Hall–Kier alpha value is -3.84. The third-order valence-corrected chi connectivity index (χ3v) is 6.86. The summed E-state index contributed by atoms with van der Waals surface area (Å²) >= 11 is 0. The fourth-order valence-electron chi connectivity index (χ4n) is 4.78. The number of hydrogen-bond acceptors (Lipinski definition) is 5. The van der Waals surface area contributed by atoms with Gasteiger partial charge in [0.25, 0.3) is 11.8 Å². The van der Waals surface area contributed by atoms with E-state index in [0.717, 1.165) is 43.9 Å². The lowest BCUT2D eigenvalue weighted by molar-refractivity contribution is -0.120. The number of nitrogens with zero attached hydrogens (tertiary/aromatic N) is 3. The van der Waals surface area contributed by atoms with Crippen molar-refractivity contribution in [3.05, 3.63) is 89.5 Å². The van der Waals surface area contributed by atoms with E-state index in [4.69, 9.17) is 4.74 Å². The van der Waals surface area contributed by atoms with E-state index in [1.807, 2.05) is 23.1 Å². The lowest BCUT2D eigenvalue weighted by atomic mass is 10.1. The van der Waals surface area contributed by atoms with Crippen LogP contribution in [0.2, 0.25) is 0 Å². The number of rotatable bonds is 3. The minimum absolute atomic E-state index is 0.0178. The fraction of sp³-hybridized carbons (Fsp3) is 0.310. The highest BCUT2D eigenvalue weighted by Gasteiger charge is 2.25. The molecule has 3 aromatic rings. The topological polar surface area (TPSA) is 65.1 Å². The molecule has 0 atom stereocenters. The van der Waals surface area contributed by atoms with Crippen LogP contribution in [0.1, 0.15) is 27.9 Å². The molecule has 0 bridgehead atoms. The van der Waals surface area contributed by atoms with Gasteiger partial charge in [0.2, 0.25) is 0 Å². The van der Waals surface area contributed by atoms with Crippen molar-refractivity contribution < 1.29 is 14.3 Å². The SMILES string of the molecule is CN1C(=O)COc2ccc(C(=O)N3CCN(Cc4ccccc4)CCCNc4ccccc4C3)cc21. The van der Waals surface area contributed by atoms with Crippen LogP contribution >= 0.6 is 0 Å². The molecule has 2 aliphatic rings. The molecule has 3 aromatic carbocycles. The number of nitrogens with one attached hydrogen (secondary N) is 1. The quantitative estimate of drug-likeness (QED) is 0.609. The number of hydrogen-bond donors (Lipinski definition) is 1. The van der Waals surface area contributed by atoms with Crippen LogP contribution in [0.15, 0.2) is 72.8 Å². The second-order valence-electron chi connectivity index (χ2n) is 9.35. The van der Waals surface area contributed by atoms with Gasteiger partial charge in [-0.05, 0) is 41.8 Å². The van der Waals surface area contributed by atoms with Gasteiger partial charge in [-0.3, -0.25) is 14.5 Å². The van der Waals surface area contributed by atoms with Gasteiger partial charge in [0, 0.05) is 57.6 Å². The molecular weight excluding hydrogens is 452 g/mol. The van der Waals surface area contributed by atoms with E-state index in [1.54, 1.807) is 30.1 Å². The largest absolute Gasteiger partial charge is 0.482 e. The van der Waals surface area contributed by atoms with E-state index < -0.39 is 0 Å². The smallest absolute Gasteiger partial charge is 0.264 e. The van der Waals surface area contributed by atoms with Crippen molar-refractivity contribution in [2.75, 3.05) is 50.1 Å². The van der Waals surface area contributed by atoms with E-state index in [0.29, 0.717) is 30.1 Å². The molecule has 36 heavy (non-hydrogen) atoms. The van der Waals surface area contributed by atoms with E-state index in [2.05, 4.69) is 46.6 Å². The van der Waals surface area contributed by atoms with Gasteiger partial charge in [-0.1, -0.05) is 48.5 Å². The highest BCUT2D eigenvalue weighted by Crippen LogP contribution is 2.32. The summed E-state index contributed by atoms with van der Waals surface area (Å²) in [4.78, 5) is 31.9. The van der Waals surface area contributed by atoms with E-state index in [-0.39, 0.29) is 18.4 Å². The number of anilines is 2. The standard InChI is InChI=1S/C29H32N4O3/c1-31-26-18-23(12-13-27(26)36-21-28(31)34)29(35)33-17-16-32(19-22-8-3-2-4-9-22)15-7-14-30-25-11-6-5-10-24(25)20-33/h2-6,8-13,18,30H,7,14-17,19-21H2,1H3. The number of para-hydroxylation sites is 1. The molecule has 0 unspecified atom stereocenters. The second-order valence-corrected chi connectivity index (χ2v) is 9.35. The third-order valence-electron chi connectivity index (χ3n) is 6.86. The average molecular weight is 485 g/mol. The van der Waals surface area contributed by atoms with Gasteiger partial charge >= 0.3 is 0 Å². The number of likely N-dealkylation sites (N-methyl/N-ethyl adjacent to an activating group) is 1. The van der Waals surface area contributed by atoms with Gasteiger partial charge in [0.15, 0.2) is 6.61 Å². The van der Waals surface area contributed by atoms with E-state index in [9.17, 15) is 9.59 Å². The normalized spacial score (nSPS) is 16.8. The van der Waals surface area contributed by atoms with Gasteiger partial charge in [-0.15, -0.1) is 0 Å². The van der Waals surface area contributed by atoms with Crippen LogP contribution in [0.3, 0.4) is 0 Å². The van der Waals surface area contributed by atoms with Gasteiger partial charge in [-0.2, -0.15) is 0 Å². The monoisotopic (exact) mass is 484 g/mol. The van der Waals surface area contributed by atoms with Crippen LogP contribution in [0, 0.1) is 0 Å². The Morgan fingerprint density at radius 3 is 2.64 bits per heavy atom. The van der Waals surface area contributed by atoms with Crippen molar-refractivity contribution >= 4 is 23.2 Å². The number of ether oxygens (including phenoxy) is 1. The zero-order valence-electron chi connectivity index (χ0n) is 20.7. The Morgan fingerprint density at radius 1 is 0.972 bits per heavy atom. The zero-order chi connectivity index (χ0) is 24.9. The van der Waals surface area contributed by atoms with Crippen molar-refractivity contribution in [3.8, 4) is 5.75 Å². The molecule has 1 N–H and O–H groups in total. The van der Waals surface area contributed by atoms with Crippen LogP contribution < -0.4 is 15.0 Å². The molecule has 2 aliphatic heterocycles. The Morgan fingerprint density at radius 2 is 1.78 bits per heavy atom. The van der Waals surface area contributed by atoms with Gasteiger partial charge < -0.3 is 19.9 Å². The van der Waals surface area contributed by atoms with Crippen molar-refractivity contribution in [3.63, 3.8) is 0 Å². The number of fused-ring (bicyclic) bond motifs is 2. The summed E-state index contributed by atoms with van der Waals surface area (Å²) in [6, 6.07) is 24.0. The summed E-state index contributed by atoms with van der Waals surface area (Å²) in [5.41, 5.74) is 4.60. The summed E-state index contributed by atoms with van der Waals surface area (Å²) in [6.07, 6.45) is 1.01. The minimum atomic E-state index is -0.126. The van der Waals surface area contributed by atoms with Crippen molar-refractivity contribution in [1.82, 2.24) is 9.80 Å². The highest BCUT2D eigenvalue weighted by atomic mass is 16.5. The van der Waals surface area contributed by atoms with Crippen molar-refractivity contribution in [2.45, 2.75) is 19.5 Å². The highest BCUT2D eigenvalue weighted by molar-refractivity contribution is 6.01. The molecule has 7 heteroatoms. The first-order valence-corrected chi connectivity index (χ1v) is 12.5. The summed E-state index contributed by atoms with van der Waals surface area (Å²) < 4.78 is 5.55.